The highest BCUT2D eigenvalue weighted by Gasteiger charge is 2.31. The predicted molar refractivity (Wildman–Crippen MR) is 91.4 cm³/mol. The van der Waals surface area contributed by atoms with Gasteiger partial charge in [-0.05, 0) is 32.8 Å². The fourth-order valence-electron chi connectivity index (χ4n) is 3.12. The van der Waals surface area contributed by atoms with Crippen molar-refractivity contribution in [3.05, 3.63) is 40.3 Å². The lowest BCUT2D eigenvalue weighted by molar-refractivity contribution is -0.0249. The van der Waals surface area contributed by atoms with Crippen molar-refractivity contribution in [1.29, 1.82) is 0 Å². The molecule has 0 aliphatic carbocycles. The normalized spacial score (nSPS) is 18.0. The lowest BCUT2D eigenvalue weighted by Gasteiger charge is -2.33. The minimum Gasteiger partial charge on any atom is -0.368 e. The molecule has 134 valence electrons. The SMILES string of the molecule is Cc1cc(C2CN(C(=O)c3c(C(C)C)noc3C)CCO2)nc(C)n1. The molecule has 1 amide bonds. The molecule has 25 heavy (non-hydrogen) atoms. The van der Waals surface area contributed by atoms with Gasteiger partial charge in [0.25, 0.3) is 5.91 Å². The van der Waals surface area contributed by atoms with E-state index in [9.17, 15) is 4.79 Å². The molecule has 1 aliphatic rings. The average molecular weight is 344 g/mol. The Bertz CT molecular complexity index is 764. The zero-order valence-corrected chi connectivity index (χ0v) is 15.4. The first-order valence-corrected chi connectivity index (χ1v) is 8.56. The quantitative estimate of drug-likeness (QED) is 0.851. The summed E-state index contributed by atoms with van der Waals surface area (Å²) in [5, 5.41) is 4.06. The van der Waals surface area contributed by atoms with E-state index >= 15 is 0 Å². The van der Waals surface area contributed by atoms with Crippen molar-refractivity contribution in [2.45, 2.75) is 46.6 Å². The Hall–Kier alpha value is -2.28. The summed E-state index contributed by atoms with van der Waals surface area (Å²) in [4.78, 5) is 23.6. The molecule has 0 aromatic carbocycles. The lowest BCUT2D eigenvalue weighted by Crippen LogP contribution is -2.43. The van der Waals surface area contributed by atoms with Crippen LogP contribution in [-0.4, -0.2) is 45.6 Å². The van der Waals surface area contributed by atoms with Gasteiger partial charge in [0, 0.05) is 12.2 Å². The second kappa shape index (κ2) is 6.92. The first kappa shape index (κ1) is 17.5. The van der Waals surface area contributed by atoms with E-state index in [0.29, 0.717) is 42.5 Å². The van der Waals surface area contributed by atoms with Gasteiger partial charge in [-0.25, -0.2) is 9.97 Å². The molecule has 1 saturated heterocycles. The largest absolute Gasteiger partial charge is 0.368 e. The molecule has 0 radical (unpaired) electrons. The molecule has 0 spiro atoms. The molecule has 7 heteroatoms. The van der Waals surface area contributed by atoms with Gasteiger partial charge in [-0.1, -0.05) is 19.0 Å². The Kier molecular flexibility index (Phi) is 4.85. The number of hydrogen-bond donors (Lipinski definition) is 0. The molecule has 1 atom stereocenters. The number of aryl methyl sites for hydroxylation is 3. The number of hydrogen-bond acceptors (Lipinski definition) is 6. The monoisotopic (exact) mass is 344 g/mol. The van der Waals surface area contributed by atoms with Gasteiger partial charge in [-0.3, -0.25) is 4.79 Å². The Morgan fingerprint density at radius 2 is 2.04 bits per heavy atom. The molecular weight excluding hydrogens is 320 g/mol. The van der Waals surface area contributed by atoms with Crippen LogP contribution in [0.3, 0.4) is 0 Å². The third-order valence-electron chi connectivity index (χ3n) is 4.32. The van der Waals surface area contributed by atoms with Crippen LogP contribution in [0.25, 0.3) is 0 Å². The molecule has 3 heterocycles. The van der Waals surface area contributed by atoms with E-state index in [2.05, 4.69) is 15.1 Å². The van der Waals surface area contributed by atoms with E-state index in [1.54, 1.807) is 11.8 Å². The van der Waals surface area contributed by atoms with E-state index < -0.39 is 0 Å². The summed E-state index contributed by atoms with van der Waals surface area (Å²) in [6, 6.07) is 1.91. The number of morpholine rings is 1. The van der Waals surface area contributed by atoms with Crippen molar-refractivity contribution in [2.75, 3.05) is 19.7 Å². The van der Waals surface area contributed by atoms with Crippen LogP contribution in [0.4, 0.5) is 0 Å². The Morgan fingerprint density at radius 1 is 1.28 bits per heavy atom. The van der Waals surface area contributed by atoms with E-state index in [4.69, 9.17) is 9.26 Å². The minimum absolute atomic E-state index is 0.0572. The van der Waals surface area contributed by atoms with Crippen molar-refractivity contribution >= 4 is 5.91 Å². The van der Waals surface area contributed by atoms with E-state index in [0.717, 1.165) is 11.4 Å². The molecule has 0 saturated carbocycles. The van der Waals surface area contributed by atoms with Gasteiger partial charge in [0.05, 0.1) is 24.5 Å². The lowest BCUT2D eigenvalue weighted by atomic mass is 10.0. The molecule has 7 nitrogen and oxygen atoms in total. The number of aromatic nitrogens is 3. The highest BCUT2D eigenvalue weighted by Crippen LogP contribution is 2.26. The van der Waals surface area contributed by atoms with Gasteiger partial charge >= 0.3 is 0 Å². The molecule has 0 bridgehead atoms. The standard InChI is InChI=1S/C18H24N4O3/c1-10(2)17-16(12(4)25-21-17)18(23)22-6-7-24-15(9-22)14-8-11(3)19-13(5)20-14/h8,10,15H,6-7,9H2,1-5H3. The molecule has 3 rings (SSSR count). The number of rotatable bonds is 3. The number of carbonyl (C=O) groups excluding carboxylic acids is 1. The van der Waals surface area contributed by atoms with Crippen molar-refractivity contribution in [3.63, 3.8) is 0 Å². The van der Waals surface area contributed by atoms with E-state index in [1.807, 2.05) is 33.8 Å². The van der Waals surface area contributed by atoms with Crippen LogP contribution in [0, 0.1) is 20.8 Å². The smallest absolute Gasteiger partial charge is 0.259 e. The molecule has 1 fully saturated rings. The van der Waals surface area contributed by atoms with Gasteiger partial charge in [-0.2, -0.15) is 0 Å². The van der Waals surface area contributed by atoms with Gasteiger partial charge < -0.3 is 14.2 Å². The summed E-state index contributed by atoms with van der Waals surface area (Å²) in [5.41, 5.74) is 2.99. The molecular formula is C18H24N4O3. The fourth-order valence-corrected chi connectivity index (χ4v) is 3.12. The third-order valence-corrected chi connectivity index (χ3v) is 4.32. The number of amides is 1. The summed E-state index contributed by atoms with van der Waals surface area (Å²) in [6.07, 6.45) is -0.249. The second-order valence-electron chi connectivity index (χ2n) is 6.75. The number of nitrogens with zero attached hydrogens (tertiary/aromatic N) is 4. The maximum atomic E-state index is 13.1. The van der Waals surface area contributed by atoms with E-state index in [1.165, 1.54) is 0 Å². The molecule has 0 N–H and O–H groups in total. The summed E-state index contributed by atoms with van der Waals surface area (Å²) < 4.78 is 11.1. The molecule has 1 unspecified atom stereocenters. The van der Waals surface area contributed by atoms with Crippen LogP contribution >= 0.6 is 0 Å². The van der Waals surface area contributed by atoms with Crippen LogP contribution in [0.1, 0.15) is 64.9 Å². The van der Waals surface area contributed by atoms with Crippen molar-refractivity contribution in [1.82, 2.24) is 20.0 Å². The predicted octanol–water partition coefficient (Wildman–Crippen LogP) is 2.73. The van der Waals surface area contributed by atoms with Crippen molar-refractivity contribution in [3.8, 4) is 0 Å². The highest BCUT2D eigenvalue weighted by atomic mass is 16.5. The van der Waals surface area contributed by atoms with E-state index in [-0.39, 0.29) is 17.9 Å². The van der Waals surface area contributed by atoms with Crippen LogP contribution < -0.4 is 0 Å². The topological polar surface area (TPSA) is 81.4 Å². The van der Waals surface area contributed by atoms with Crippen LogP contribution in [0.5, 0.6) is 0 Å². The van der Waals surface area contributed by atoms with Gasteiger partial charge in [0.15, 0.2) is 0 Å². The zero-order valence-electron chi connectivity index (χ0n) is 15.4. The first-order valence-electron chi connectivity index (χ1n) is 8.56. The van der Waals surface area contributed by atoms with Crippen LogP contribution in [-0.2, 0) is 4.74 Å². The molecule has 1 aliphatic heterocycles. The van der Waals surface area contributed by atoms with Crippen molar-refractivity contribution in [2.24, 2.45) is 0 Å². The average Bonchev–Trinajstić information content (AvgIpc) is 2.95. The summed E-state index contributed by atoms with van der Waals surface area (Å²) in [7, 11) is 0. The fraction of sp³-hybridized carbons (Fsp3) is 0.556. The van der Waals surface area contributed by atoms with Crippen LogP contribution in [0.2, 0.25) is 0 Å². The first-order chi connectivity index (χ1) is 11.9. The molecule has 2 aromatic rings. The van der Waals surface area contributed by atoms with Gasteiger partial charge in [-0.15, -0.1) is 0 Å². The number of ether oxygens (including phenoxy) is 1. The maximum absolute atomic E-state index is 13.1. The third kappa shape index (κ3) is 3.56. The second-order valence-corrected chi connectivity index (χ2v) is 6.75. The summed E-state index contributed by atoms with van der Waals surface area (Å²) in [5.74, 6) is 1.34. The molecule has 2 aromatic heterocycles. The van der Waals surface area contributed by atoms with Gasteiger partial charge in [0.2, 0.25) is 0 Å². The summed E-state index contributed by atoms with van der Waals surface area (Å²) in [6.45, 7) is 11.0. The Morgan fingerprint density at radius 3 is 2.72 bits per heavy atom. The number of carbonyl (C=O) groups is 1. The van der Waals surface area contributed by atoms with Crippen molar-refractivity contribution < 1.29 is 14.1 Å². The Labute approximate surface area is 147 Å². The maximum Gasteiger partial charge on any atom is 0.259 e. The zero-order chi connectivity index (χ0) is 18.1. The summed E-state index contributed by atoms with van der Waals surface area (Å²) >= 11 is 0. The minimum atomic E-state index is -0.249. The Balaban J connectivity index is 1.84. The van der Waals surface area contributed by atoms with Gasteiger partial charge in [0.1, 0.15) is 23.3 Å². The van der Waals surface area contributed by atoms with Crippen LogP contribution in [0.15, 0.2) is 10.6 Å². The highest BCUT2D eigenvalue weighted by molar-refractivity contribution is 5.96.